The van der Waals surface area contributed by atoms with Gasteiger partial charge in [0, 0.05) is 5.56 Å². The molecule has 0 saturated heterocycles. The lowest BCUT2D eigenvalue weighted by molar-refractivity contribution is 0.411. The van der Waals surface area contributed by atoms with Gasteiger partial charge in [-0.3, -0.25) is 0 Å². The second-order valence-corrected chi connectivity index (χ2v) is 4.54. The standard InChI is InChI=1S/C9H6Cl2N2OS/c1-14-6-4-12-9(13-7(6)10)5-2-3-15-8(5)11/h2-4H,1H3. The Hall–Kier alpha value is -0.840. The molecule has 78 valence electrons. The predicted octanol–water partition coefficient (Wildman–Crippen LogP) is 3.52. The fourth-order valence-electron chi connectivity index (χ4n) is 1.07. The first-order valence-electron chi connectivity index (χ1n) is 4.02. The van der Waals surface area contributed by atoms with Gasteiger partial charge in [0.15, 0.2) is 16.7 Å². The van der Waals surface area contributed by atoms with E-state index in [1.165, 1.54) is 24.6 Å². The topological polar surface area (TPSA) is 35.0 Å². The smallest absolute Gasteiger partial charge is 0.175 e. The van der Waals surface area contributed by atoms with Crippen LogP contribution in [-0.2, 0) is 0 Å². The van der Waals surface area contributed by atoms with E-state index in [4.69, 9.17) is 27.9 Å². The average Bonchev–Trinajstić information content (AvgIpc) is 2.64. The quantitative estimate of drug-likeness (QED) is 0.776. The average molecular weight is 261 g/mol. The number of methoxy groups -OCH3 is 1. The molecule has 2 heterocycles. The van der Waals surface area contributed by atoms with Crippen molar-refractivity contribution in [3.05, 3.63) is 27.1 Å². The molecule has 0 amide bonds. The summed E-state index contributed by atoms with van der Waals surface area (Å²) >= 11 is 13.3. The molecule has 2 aromatic heterocycles. The summed E-state index contributed by atoms with van der Waals surface area (Å²) in [5.74, 6) is 0.957. The Kier molecular flexibility index (Phi) is 3.09. The number of thiophene rings is 1. The molecule has 0 N–H and O–H groups in total. The molecular weight excluding hydrogens is 255 g/mol. The zero-order valence-electron chi connectivity index (χ0n) is 7.70. The van der Waals surface area contributed by atoms with Gasteiger partial charge in [0.25, 0.3) is 0 Å². The minimum absolute atomic E-state index is 0.282. The molecule has 0 radical (unpaired) electrons. The highest BCUT2D eigenvalue weighted by Crippen LogP contribution is 2.32. The maximum absolute atomic E-state index is 5.96. The van der Waals surface area contributed by atoms with E-state index in [9.17, 15) is 0 Å². The van der Waals surface area contributed by atoms with Crippen LogP contribution in [0.4, 0.5) is 0 Å². The van der Waals surface area contributed by atoms with Crippen LogP contribution in [0.2, 0.25) is 9.49 Å². The monoisotopic (exact) mass is 260 g/mol. The second-order valence-electron chi connectivity index (χ2n) is 2.66. The molecule has 0 atom stereocenters. The van der Waals surface area contributed by atoms with Crippen molar-refractivity contribution in [1.82, 2.24) is 9.97 Å². The van der Waals surface area contributed by atoms with E-state index in [1.807, 2.05) is 11.4 Å². The third kappa shape index (κ3) is 2.07. The summed E-state index contributed by atoms with van der Waals surface area (Å²) in [6, 6.07) is 1.85. The summed E-state index contributed by atoms with van der Waals surface area (Å²) in [5.41, 5.74) is 0.784. The van der Waals surface area contributed by atoms with Gasteiger partial charge >= 0.3 is 0 Å². The highest BCUT2D eigenvalue weighted by Gasteiger charge is 2.10. The van der Waals surface area contributed by atoms with Gasteiger partial charge in [-0.15, -0.1) is 11.3 Å². The van der Waals surface area contributed by atoms with Crippen LogP contribution in [0.5, 0.6) is 5.75 Å². The van der Waals surface area contributed by atoms with Crippen molar-refractivity contribution in [2.45, 2.75) is 0 Å². The van der Waals surface area contributed by atoms with E-state index in [2.05, 4.69) is 9.97 Å². The first-order chi connectivity index (χ1) is 7.22. The third-order valence-electron chi connectivity index (χ3n) is 1.79. The summed E-state index contributed by atoms with van der Waals surface area (Å²) in [5, 5.41) is 2.16. The van der Waals surface area contributed by atoms with Crippen LogP contribution < -0.4 is 4.74 Å². The fourth-order valence-corrected chi connectivity index (χ4v) is 2.19. The van der Waals surface area contributed by atoms with Gasteiger partial charge in [0.1, 0.15) is 4.34 Å². The number of rotatable bonds is 2. The molecule has 0 bridgehead atoms. The molecule has 0 aromatic carbocycles. The van der Waals surface area contributed by atoms with Crippen LogP contribution >= 0.6 is 34.5 Å². The lowest BCUT2D eigenvalue weighted by Gasteiger charge is -2.03. The van der Waals surface area contributed by atoms with Crippen LogP contribution in [0.3, 0.4) is 0 Å². The van der Waals surface area contributed by atoms with Crippen LogP contribution in [0.15, 0.2) is 17.6 Å². The summed E-state index contributed by atoms with van der Waals surface area (Å²) in [6.07, 6.45) is 1.53. The van der Waals surface area contributed by atoms with Crippen molar-refractivity contribution in [2.24, 2.45) is 0 Å². The van der Waals surface area contributed by atoms with Gasteiger partial charge in [-0.2, -0.15) is 0 Å². The van der Waals surface area contributed by atoms with Crippen molar-refractivity contribution in [3.8, 4) is 17.1 Å². The molecule has 0 fully saturated rings. The number of halogens is 2. The summed E-state index contributed by atoms with van der Waals surface area (Å²) in [7, 11) is 1.52. The molecule has 0 spiro atoms. The second kappa shape index (κ2) is 4.35. The Balaban J connectivity index is 2.47. The van der Waals surface area contributed by atoms with Crippen LogP contribution in [0.25, 0.3) is 11.4 Å². The Morgan fingerprint density at radius 3 is 2.73 bits per heavy atom. The Bertz CT molecular complexity index is 487. The lowest BCUT2D eigenvalue weighted by Crippen LogP contribution is -1.92. The lowest BCUT2D eigenvalue weighted by atomic mass is 10.3. The maximum atomic E-state index is 5.96. The Labute approximate surface area is 101 Å². The first kappa shape index (κ1) is 10.7. The van der Waals surface area contributed by atoms with E-state index < -0.39 is 0 Å². The molecule has 6 heteroatoms. The summed E-state index contributed by atoms with van der Waals surface area (Å²) < 4.78 is 5.61. The Morgan fingerprint density at radius 2 is 2.20 bits per heavy atom. The van der Waals surface area contributed by atoms with Gasteiger partial charge in [-0.05, 0) is 11.4 Å². The molecule has 15 heavy (non-hydrogen) atoms. The van der Waals surface area contributed by atoms with Crippen LogP contribution in [-0.4, -0.2) is 17.1 Å². The molecule has 0 aliphatic carbocycles. The SMILES string of the molecule is COc1cnc(-c2ccsc2Cl)nc1Cl. The first-order valence-corrected chi connectivity index (χ1v) is 5.66. The maximum Gasteiger partial charge on any atom is 0.175 e. The molecule has 0 unspecified atom stereocenters. The number of nitrogens with zero attached hydrogens (tertiary/aromatic N) is 2. The summed E-state index contributed by atoms with van der Waals surface area (Å²) in [4.78, 5) is 8.21. The normalized spacial score (nSPS) is 10.3. The van der Waals surface area contributed by atoms with Gasteiger partial charge < -0.3 is 4.74 Å². The third-order valence-corrected chi connectivity index (χ3v) is 3.23. The molecule has 2 rings (SSSR count). The van der Waals surface area contributed by atoms with Crippen LogP contribution in [0, 0.1) is 0 Å². The van der Waals surface area contributed by atoms with Gasteiger partial charge in [-0.1, -0.05) is 23.2 Å². The van der Waals surface area contributed by atoms with Gasteiger partial charge in [0.2, 0.25) is 0 Å². The molecular formula is C9H6Cl2N2OS. The fraction of sp³-hybridized carbons (Fsp3) is 0.111. The van der Waals surface area contributed by atoms with E-state index in [0.717, 1.165) is 5.56 Å². The summed E-state index contributed by atoms with van der Waals surface area (Å²) in [6.45, 7) is 0. The van der Waals surface area contributed by atoms with Crippen LogP contribution in [0.1, 0.15) is 0 Å². The van der Waals surface area contributed by atoms with Gasteiger partial charge in [0.05, 0.1) is 13.3 Å². The van der Waals surface area contributed by atoms with Crippen molar-refractivity contribution < 1.29 is 4.74 Å². The van der Waals surface area contributed by atoms with E-state index >= 15 is 0 Å². The highest BCUT2D eigenvalue weighted by molar-refractivity contribution is 7.15. The zero-order chi connectivity index (χ0) is 10.8. The molecule has 0 aliphatic heterocycles. The largest absolute Gasteiger partial charge is 0.492 e. The van der Waals surface area contributed by atoms with Gasteiger partial charge in [-0.25, -0.2) is 9.97 Å². The van der Waals surface area contributed by atoms with Crippen molar-refractivity contribution in [2.75, 3.05) is 7.11 Å². The predicted molar refractivity (Wildman–Crippen MR) is 61.9 cm³/mol. The number of hydrogen-bond acceptors (Lipinski definition) is 4. The highest BCUT2D eigenvalue weighted by atomic mass is 35.5. The van der Waals surface area contributed by atoms with Crippen molar-refractivity contribution >= 4 is 34.5 Å². The minimum atomic E-state index is 0.282. The number of hydrogen-bond donors (Lipinski definition) is 0. The minimum Gasteiger partial charge on any atom is -0.492 e. The molecule has 3 nitrogen and oxygen atoms in total. The molecule has 0 saturated carbocycles. The number of ether oxygens (including phenoxy) is 1. The van der Waals surface area contributed by atoms with Crippen molar-refractivity contribution in [3.63, 3.8) is 0 Å². The molecule has 0 aliphatic rings. The Morgan fingerprint density at radius 1 is 1.40 bits per heavy atom. The molecule has 2 aromatic rings. The number of aromatic nitrogens is 2. The van der Waals surface area contributed by atoms with E-state index in [0.29, 0.717) is 15.9 Å². The van der Waals surface area contributed by atoms with E-state index in [-0.39, 0.29) is 5.15 Å². The van der Waals surface area contributed by atoms with E-state index in [1.54, 1.807) is 0 Å². The van der Waals surface area contributed by atoms with Crippen molar-refractivity contribution in [1.29, 1.82) is 0 Å². The zero-order valence-corrected chi connectivity index (χ0v) is 10.0.